The lowest BCUT2D eigenvalue weighted by molar-refractivity contribution is 0.478. The van der Waals surface area contributed by atoms with E-state index in [-0.39, 0.29) is 0 Å². The highest BCUT2D eigenvalue weighted by molar-refractivity contribution is 14.1. The molecule has 0 aliphatic carbocycles. The van der Waals surface area contributed by atoms with E-state index in [0.29, 0.717) is 5.75 Å². The maximum atomic E-state index is 10.2. The third-order valence-corrected chi connectivity index (χ3v) is 3.99. The van der Waals surface area contributed by atoms with Gasteiger partial charge in [-0.05, 0) is 51.1 Å². The summed E-state index contributed by atoms with van der Waals surface area (Å²) in [6.45, 7) is 0. The summed E-state index contributed by atoms with van der Waals surface area (Å²) in [7, 11) is 0. The molecule has 0 unspecified atom stereocenters. The predicted molar refractivity (Wildman–Crippen MR) is 83.8 cm³/mol. The van der Waals surface area contributed by atoms with Crippen LogP contribution in [-0.4, -0.2) is 5.11 Å². The van der Waals surface area contributed by atoms with Crippen LogP contribution in [0.3, 0.4) is 0 Å². The zero-order valence-corrected chi connectivity index (χ0v) is 11.8. The van der Waals surface area contributed by atoms with Gasteiger partial charge < -0.3 is 5.11 Å². The summed E-state index contributed by atoms with van der Waals surface area (Å²) in [5.41, 5.74) is 1.99. The van der Waals surface area contributed by atoms with E-state index in [0.717, 1.165) is 25.5 Å². The Morgan fingerprint density at radius 1 is 0.778 bits per heavy atom. The Balaban J connectivity index is 2.42. The molecule has 1 N–H and O–H groups in total. The standard InChI is InChI=1S/C16H11IO/c17-14-8-4-3-7-13(14)16-12-6-2-1-5-11(12)9-10-15(16)18/h1-10,18H. The Bertz CT molecular complexity index is 719. The maximum Gasteiger partial charge on any atom is 0.124 e. The summed E-state index contributed by atoms with van der Waals surface area (Å²) in [6.07, 6.45) is 0. The van der Waals surface area contributed by atoms with Crippen LogP contribution in [-0.2, 0) is 0 Å². The topological polar surface area (TPSA) is 20.2 Å². The van der Waals surface area contributed by atoms with E-state index in [1.807, 2.05) is 42.5 Å². The lowest BCUT2D eigenvalue weighted by Gasteiger charge is -2.11. The van der Waals surface area contributed by atoms with Gasteiger partial charge in [-0.2, -0.15) is 0 Å². The zero-order chi connectivity index (χ0) is 12.5. The van der Waals surface area contributed by atoms with E-state index in [4.69, 9.17) is 0 Å². The van der Waals surface area contributed by atoms with Crippen LogP contribution in [0.4, 0.5) is 0 Å². The summed E-state index contributed by atoms with van der Waals surface area (Å²) in [5, 5.41) is 12.4. The number of rotatable bonds is 1. The molecular weight excluding hydrogens is 335 g/mol. The van der Waals surface area contributed by atoms with Crippen molar-refractivity contribution in [2.24, 2.45) is 0 Å². The number of halogens is 1. The Kier molecular flexibility index (Phi) is 2.96. The summed E-state index contributed by atoms with van der Waals surface area (Å²) in [5.74, 6) is 0.331. The predicted octanol–water partition coefficient (Wildman–Crippen LogP) is 4.82. The Labute approximate surface area is 119 Å². The molecule has 0 radical (unpaired) electrons. The van der Waals surface area contributed by atoms with E-state index in [2.05, 4.69) is 34.7 Å². The molecular formula is C16H11IO. The molecule has 0 atom stereocenters. The molecule has 0 fully saturated rings. The van der Waals surface area contributed by atoms with E-state index >= 15 is 0 Å². The van der Waals surface area contributed by atoms with Crippen molar-refractivity contribution in [3.05, 3.63) is 64.2 Å². The summed E-state index contributed by atoms with van der Waals surface area (Å²) < 4.78 is 1.14. The van der Waals surface area contributed by atoms with Gasteiger partial charge in [0.05, 0.1) is 0 Å². The van der Waals surface area contributed by atoms with E-state index in [1.165, 1.54) is 0 Å². The molecule has 88 valence electrons. The second-order valence-corrected chi connectivity index (χ2v) is 5.32. The van der Waals surface area contributed by atoms with Gasteiger partial charge in [-0.1, -0.05) is 48.5 Å². The molecule has 0 aromatic heterocycles. The Morgan fingerprint density at radius 2 is 1.50 bits per heavy atom. The van der Waals surface area contributed by atoms with Crippen molar-refractivity contribution >= 4 is 33.4 Å². The first-order valence-electron chi connectivity index (χ1n) is 5.73. The molecule has 18 heavy (non-hydrogen) atoms. The summed E-state index contributed by atoms with van der Waals surface area (Å²) in [4.78, 5) is 0. The monoisotopic (exact) mass is 346 g/mol. The highest BCUT2D eigenvalue weighted by Crippen LogP contribution is 2.38. The van der Waals surface area contributed by atoms with Gasteiger partial charge >= 0.3 is 0 Å². The third kappa shape index (κ3) is 1.86. The lowest BCUT2D eigenvalue weighted by atomic mass is 9.97. The van der Waals surface area contributed by atoms with Crippen molar-refractivity contribution in [3.63, 3.8) is 0 Å². The van der Waals surface area contributed by atoms with Gasteiger partial charge in [0.2, 0.25) is 0 Å². The fourth-order valence-corrected chi connectivity index (χ4v) is 2.86. The molecule has 0 heterocycles. The molecule has 3 aromatic carbocycles. The minimum Gasteiger partial charge on any atom is -0.507 e. The van der Waals surface area contributed by atoms with Crippen molar-refractivity contribution in [1.29, 1.82) is 0 Å². The van der Waals surface area contributed by atoms with Gasteiger partial charge in [-0.25, -0.2) is 0 Å². The normalized spacial score (nSPS) is 10.7. The molecule has 0 saturated heterocycles. The fourth-order valence-electron chi connectivity index (χ4n) is 2.21. The Morgan fingerprint density at radius 3 is 2.33 bits per heavy atom. The highest BCUT2D eigenvalue weighted by atomic mass is 127. The molecule has 0 saturated carbocycles. The molecule has 0 spiro atoms. The molecule has 0 bridgehead atoms. The first-order valence-corrected chi connectivity index (χ1v) is 6.81. The van der Waals surface area contributed by atoms with Crippen molar-refractivity contribution in [2.45, 2.75) is 0 Å². The second kappa shape index (κ2) is 4.61. The van der Waals surface area contributed by atoms with Gasteiger partial charge in [0.25, 0.3) is 0 Å². The Hall–Kier alpha value is -1.55. The van der Waals surface area contributed by atoms with Gasteiger partial charge in [0.1, 0.15) is 5.75 Å². The van der Waals surface area contributed by atoms with Gasteiger partial charge in [-0.15, -0.1) is 0 Å². The van der Waals surface area contributed by atoms with Crippen molar-refractivity contribution in [2.75, 3.05) is 0 Å². The molecule has 3 aromatic rings. The van der Waals surface area contributed by atoms with Crippen molar-refractivity contribution in [3.8, 4) is 16.9 Å². The third-order valence-electron chi connectivity index (χ3n) is 3.05. The van der Waals surface area contributed by atoms with Crippen LogP contribution in [0.5, 0.6) is 5.75 Å². The van der Waals surface area contributed by atoms with Crippen LogP contribution >= 0.6 is 22.6 Å². The summed E-state index contributed by atoms with van der Waals surface area (Å²) >= 11 is 2.30. The number of phenols is 1. The fraction of sp³-hybridized carbons (Fsp3) is 0. The molecule has 2 heteroatoms. The van der Waals surface area contributed by atoms with Crippen LogP contribution in [0.2, 0.25) is 0 Å². The first-order chi connectivity index (χ1) is 8.77. The maximum absolute atomic E-state index is 10.2. The lowest BCUT2D eigenvalue weighted by Crippen LogP contribution is -1.85. The quantitative estimate of drug-likeness (QED) is 0.627. The van der Waals surface area contributed by atoms with Crippen LogP contribution in [0, 0.1) is 3.57 Å². The molecule has 0 aliphatic rings. The van der Waals surface area contributed by atoms with Crippen LogP contribution in [0.1, 0.15) is 0 Å². The molecule has 0 aliphatic heterocycles. The van der Waals surface area contributed by atoms with Crippen LogP contribution in [0.25, 0.3) is 21.9 Å². The molecule has 1 nitrogen and oxygen atoms in total. The number of hydrogen-bond donors (Lipinski definition) is 1. The molecule has 0 amide bonds. The number of phenolic OH excluding ortho intramolecular Hbond substituents is 1. The first kappa shape index (κ1) is 11.5. The average molecular weight is 346 g/mol. The van der Waals surface area contributed by atoms with Crippen molar-refractivity contribution < 1.29 is 5.11 Å². The number of benzene rings is 3. The van der Waals surface area contributed by atoms with E-state index in [1.54, 1.807) is 6.07 Å². The van der Waals surface area contributed by atoms with Gasteiger partial charge in [0.15, 0.2) is 0 Å². The minimum atomic E-state index is 0.331. The number of aromatic hydroxyl groups is 1. The largest absolute Gasteiger partial charge is 0.507 e. The minimum absolute atomic E-state index is 0.331. The molecule has 3 rings (SSSR count). The van der Waals surface area contributed by atoms with Crippen molar-refractivity contribution in [1.82, 2.24) is 0 Å². The summed E-state index contributed by atoms with van der Waals surface area (Å²) in [6, 6.07) is 19.9. The SMILES string of the molecule is Oc1ccc2ccccc2c1-c1ccccc1I. The van der Waals surface area contributed by atoms with E-state index < -0.39 is 0 Å². The average Bonchev–Trinajstić information content (AvgIpc) is 2.40. The van der Waals surface area contributed by atoms with Crippen LogP contribution < -0.4 is 0 Å². The highest BCUT2D eigenvalue weighted by Gasteiger charge is 2.11. The second-order valence-electron chi connectivity index (χ2n) is 4.16. The smallest absolute Gasteiger partial charge is 0.124 e. The number of hydrogen-bond acceptors (Lipinski definition) is 1. The van der Waals surface area contributed by atoms with Gasteiger partial charge in [-0.3, -0.25) is 0 Å². The van der Waals surface area contributed by atoms with Crippen LogP contribution in [0.15, 0.2) is 60.7 Å². The number of fused-ring (bicyclic) bond motifs is 1. The van der Waals surface area contributed by atoms with E-state index in [9.17, 15) is 5.11 Å². The zero-order valence-electron chi connectivity index (χ0n) is 9.60. The van der Waals surface area contributed by atoms with Gasteiger partial charge in [0, 0.05) is 9.13 Å².